The molecule has 1 aliphatic carbocycles. The van der Waals surface area contributed by atoms with Crippen molar-refractivity contribution >= 4 is 40.0 Å². The minimum absolute atomic E-state index is 0.118. The Balaban J connectivity index is 1.48. The Morgan fingerprint density at radius 2 is 2.13 bits per heavy atom. The summed E-state index contributed by atoms with van der Waals surface area (Å²) in [6.45, 7) is 2.20. The number of benzene rings is 1. The van der Waals surface area contributed by atoms with Crippen LogP contribution >= 0.6 is 23.1 Å². The minimum Gasteiger partial charge on any atom is -0.465 e. The van der Waals surface area contributed by atoms with Crippen LogP contribution in [0.4, 0.5) is 5.00 Å². The number of nitrogens with zero attached hydrogens (tertiary/aromatic N) is 4. The smallest absolute Gasteiger partial charge is 0.341 e. The third kappa shape index (κ3) is 4.24. The van der Waals surface area contributed by atoms with E-state index in [1.54, 1.807) is 4.68 Å². The van der Waals surface area contributed by atoms with Gasteiger partial charge in [-0.25, -0.2) is 4.79 Å². The van der Waals surface area contributed by atoms with Gasteiger partial charge in [-0.1, -0.05) is 36.9 Å². The molecular weight excluding hydrogens is 422 g/mol. The summed E-state index contributed by atoms with van der Waals surface area (Å²) in [4.78, 5) is 26.2. The number of esters is 1. The van der Waals surface area contributed by atoms with Gasteiger partial charge < -0.3 is 10.1 Å². The Hall–Kier alpha value is -2.72. The zero-order chi connectivity index (χ0) is 21.1. The van der Waals surface area contributed by atoms with Crippen molar-refractivity contribution in [3.05, 3.63) is 46.3 Å². The van der Waals surface area contributed by atoms with Gasteiger partial charge >= 0.3 is 5.97 Å². The molecule has 2 aromatic heterocycles. The molecule has 10 heteroatoms. The van der Waals surface area contributed by atoms with Crippen LogP contribution in [0.25, 0.3) is 5.69 Å². The van der Waals surface area contributed by atoms with Crippen LogP contribution in [0, 0.1) is 5.92 Å². The second-order valence-corrected chi connectivity index (χ2v) is 9.14. The maximum absolute atomic E-state index is 12.6. The molecule has 0 aliphatic heterocycles. The van der Waals surface area contributed by atoms with Gasteiger partial charge in [-0.05, 0) is 53.3 Å². The van der Waals surface area contributed by atoms with Crippen LogP contribution in [-0.4, -0.2) is 44.9 Å². The molecule has 4 rings (SSSR count). The van der Waals surface area contributed by atoms with Gasteiger partial charge in [0.1, 0.15) is 5.00 Å². The fourth-order valence-electron chi connectivity index (χ4n) is 3.45. The van der Waals surface area contributed by atoms with Gasteiger partial charge in [-0.3, -0.25) is 4.79 Å². The summed E-state index contributed by atoms with van der Waals surface area (Å²) in [5, 5.41) is 15.7. The van der Waals surface area contributed by atoms with Crippen LogP contribution in [0.3, 0.4) is 0 Å². The van der Waals surface area contributed by atoms with Gasteiger partial charge in [0.25, 0.3) is 0 Å². The average Bonchev–Trinajstić information content (AvgIpc) is 3.36. The van der Waals surface area contributed by atoms with E-state index in [1.807, 2.05) is 30.3 Å². The van der Waals surface area contributed by atoms with Crippen LogP contribution in [0.1, 0.15) is 34.1 Å². The number of hydrogen-bond acceptors (Lipinski definition) is 8. The number of fused-ring (bicyclic) bond motifs is 1. The summed E-state index contributed by atoms with van der Waals surface area (Å²) >= 11 is 2.71. The molecule has 0 spiro atoms. The molecule has 0 radical (unpaired) electrons. The summed E-state index contributed by atoms with van der Waals surface area (Å²) < 4.78 is 6.56. The second-order valence-electron chi connectivity index (χ2n) is 7.09. The minimum atomic E-state index is -0.405. The third-order valence-electron chi connectivity index (χ3n) is 4.93. The molecule has 30 heavy (non-hydrogen) atoms. The van der Waals surface area contributed by atoms with E-state index < -0.39 is 5.97 Å². The van der Waals surface area contributed by atoms with Crippen LogP contribution in [0.2, 0.25) is 0 Å². The zero-order valence-electron chi connectivity index (χ0n) is 16.6. The predicted molar refractivity (Wildman–Crippen MR) is 115 cm³/mol. The highest BCUT2D eigenvalue weighted by molar-refractivity contribution is 7.99. The standard InChI is InChI=1S/C20H21N5O3S2/c1-12-8-9-14-15(10-12)30-18(17(14)19(27)28-2)21-16(26)11-29-20-22-23-24-25(20)13-6-4-3-5-7-13/h3-7,12H,8-11H2,1-2H3,(H,21,26)/t12-/m1/s1. The summed E-state index contributed by atoms with van der Waals surface area (Å²) in [6.07, 6.45) is 2.77. The van der Waals surface area contributed by atoms with Crippen LogP contribution in [0.5, 0.6) is 0 Å². The molecule has 1 aromatic carbocycles. The molecule has 0 saturated heterocycles. The number of tetrazole rings is 1. The first-order valence-corrected chi connectivity index (χ1v) is 11.4. The fraction of sp³-hybridized carbons (Fsp3) is 0.350. The summed E-state index contributed by atoms with van der Waals surface area (Å²) in [6, 6.07) is 9.48. The van der Waals surface area contributed by atoms with Crippen LogP contribution in [0.15, 0.2) is 35.5 Å². The van der Waals surface area contributed by atoms with E-state index in [1.165, 1.54) is 30.2 Å². The van der Waals surface area contributed by atoms with Gasteiger partial charge in [0.2, 0.25) is 11.1 Å². The summed E-state index contributed by atoms with van der Waals surface area (Å²) in [5.74, 6) is 0.0577. The first kappa shape index (κ1) is 20.5. The van der Waals surface area contributed by atoms with Crippen LogP contribution < -0.4 is 5.32 Å². The molecule has 1 atom stereocenters. The van der Waals surface area contributed by atoms with E-state index >= 15 is 0 Å². The molecule has 8 nitrogen and oxygen atoms in total. The van der Waals surface area contributed by atoms with Gasteiger partial charge in [0.15, 0.2) is 0 Å². The van der Waals surface area contributed by atoms with E-state index in [0.29, 0.717) is 21.6 Å². The van der Waals surface area contributed by atoms with Crippen molar-refractivity contribution in [1.82, 2.24) is 20.2 Å². The third-order valence-corrected chi connectivity index (χ3v) is 7.02. The first-order chi connectivity index (χ1) is 14.6. The van der Waals surface area contributed by atoms with Crippen molar-refractivity contribution < 1.29 is 14.3 Å². The lowest BCUT2D eigenvalue weighted by atomic mass is 9.88. The Labute approximate surface area is 182 Å². The van der Waals surface area contributed by atoms with Gasteiger partial charge in [-0.15, -0.1) is 16.4 Å². The maximum Gasteiger partial charge on any atom is 0.341 e. The number of carbonyl (C=O) groups is 2. The fourth-order valence-corrected chi connectivity index (χ4v) is 5.56. The van der Waals surface area contributed by atoms with Crippen molar-refractivity contribution in [2.45, 2.75) is 31.3 Å². The molecule has 0 fully saturated rings. The van der Waals surface area contributed by atoms with Crippen molar-refractivity contribution in [3.8, 4) is 5.69 Å². The van der Waals surface area contributed by atoms with E-state index in [2.05, 4.69) is 27.8 Å². The second kappa shape index (κ2) is 8.97. The van der Waals surface area contributed by atoms with E-state index in [-0.39, 0.29) is 11.7 Å². The van der Waals surface area contributed by atoms with Gasteiger partial charge in [0, 0.05) is 4.88 Å². The number of thioether (sulfide) groups is 1. The number of nitrogens with one attached hydrogen (secondary N) is 1. The van der Waals surface area contributed by atoms with E-state index in [9.17, 15) is 9.59 Å². The average molecular weight is 444 g/mol. The molecule has 3 aromatic rings. The lowest BCUT2D eigenvalue weighted by Gasteiger charge is -2.18. The number of rotatable bonds is 6. The number of ether oxygens (including phenoxy) is 1. The van der Waals surface area contributed by atoms with Crippen LogP contribution in [-0.2, 0) is 22.4 Å². The Morgan fingerprint density at radius 3 is 2.90 bits per heavy atom. The summed E-state index contributed by atoms with van der Waals surface area (Å²) in [5.41, 5.74) is 2.33. The highest BCUT2D eigenvalue weighted by Crippen LogP contribution is 2.40. The quantitative estimate of drug-likeness (QED) is 0.461. The van der Waals surface area contributed by atoms with Crippen molar-refractivity contribution in [3.63, 3.8) is 0 Å². The highest BCUT2D eigenvalue weighted by Gasteiger charge is 2.29. The Kier molecular flexibility index (Phi) is 6.14. The zero-order valence-corrected chi connectivity index (χ0v) is 18.3. The number of hydrogen-bond donors (Lipinski definition) is 1. The molecule has 0 unspecified atom stereocenters. The largest absolute Gasteiger partial charge is 0.465 e. The SMILES string of the molecule is COC(=O)c1c(NC(=O)CSc2nnnn2-c2ccccc2)sc2c1CC[C@@H](C)C2. The van der Waals surface area contributed by atoms with Gasteiger partial charge in [0.05, 0.1) is 24.1 Å². The normalized spacial score (nSPS) is 15.5. The number of thiophene rings is 1. The van der Waals surface area contributed by atoms with Crippen molar-refractivity contribution in [2.24, 2.45) is 5.92 Å². The lowest BCUT2D eigenvalue weighted by Crippen LogP contribution is -2.17. The lowest BCUT2D eigenvalue weighted by molar-refractivity contribution is -0.113. The molecule has 1 aliphatic rings. The number of anilines is 1. The van der Waals surface area contributed by atoms with E-state index in [0.717, 1.165) is 35.4 Å². The molecule has 1 N–H and O–H groups in total. The van der Waals surface area contributed by atoms with E-state index in [4.69, 9.17) is 4.74 Å². The monoisotopic (exact) mass is 443 g/mol. The number of para-hydroxylation sites is 1. The number of amides is 1. The Bertz CT molecular complexity index is 1060. The predicted octanol–water partition coefficient (Wildman–Crippen LogP) is 3.37. The van der Waals surface area contributed by atoms with Crippen molar-refractivity contribution in [2.75, 3.05) is 18.2 Å². The molecular formula is C20H21N5O3S2. The molecule has 156 valence electrons. The van der Waals surface area contributed by atoms with Crippen molar-refractivity contribution in [1.29, 1.82) is 0 Å². The van der Waals surface area contributed by atoms with Gasteiger partial charge in [-0.2, -0.15) is 4.68 Å². The number of methoxy groups -OCH3 is 1. The topological polar surface area (TPSA) is 99.0 Å². The molecule has 0 saturated carbocycles. The molecule has 1 amide bonds. The maximum atomic E-state index is 12.6. The molecule has 2 heterocycles. The highest BCUT2D eigenvalue weighted by atomic mass is 32.2. The Morgan fingerprint density at radius 1 is 1.33 bits per heavy atom. The number of aromatic nitrogens is 4. The number of carbonyl (C=O) groups excluding carboxylic acids is 2. The first-order valence-electron chi connectivity index (χ1n) is 9.56. The molecule has 0 bridgehead atoms. The summed E-state index contributed by atoms with van der Waals surface area (Å²) in [7, 11) is 1.36.